The third kappa shape index (κ3) is 4.88. The monoisotopic (exact) mass is 322 g/mol. The quantitative estimate of drug-likeness (QED) is 0.831. The van der Waals surface area contributed by atoms with E-state index in [2.05, 4.69) is 5.32 Å². The minimum Gasteiger partial charge on any atom is -0.399 e. The van der Waals surface area contributed by atoms with Crippen molar-refractivity contribution in [3.05, 3.63) is 53.6 Å². The smallest absolute Gasteiger partial charge is 0.225 e. The molecule has 0 aliphatic carbocycles. The summed E-state index contributed by atoms with van der Waals surface area (Å²) in [7, 11) is -1.25. The first kappa shape index (κ1) is 15.5. The summed E-state index contributed by atoms with van der Waals surface area (Å²) >= 11 is 5.85. The molecule has 2 aromatic rings. The van der Waals surface area contributed by atoms with Crippen LogP contribution in [-0.4, -0.2) is 15.9 Å². The molecule has 3 N–H and O–H groups in total. The average Bonchev–Trinajstić information content (AvgIpc) is 2.45. The topological polar surface area (TPSA) is 72.2 Å². The van der Waals surface area contributed by atoms with Crippen molar-refractivity contribution in [1.29, 1.82) is 0 Å². The number of hydrogen-bond donors (Lipinski definition) is 2. The van der Waals surface area contributed by atoms with Crippen LogP contribution in [-0.2, 0) is 15.6 Å². The Bertz CT molecular complexity index is 676. The molecule has 2 rings (SSSR count). The standard InChI is InChI=1S/C15H15ClN2O2S/c16-11-3-1-6-14(9-11)21(20)8-7-15(19)18-13-5-2-4-12(17)10-13/h1-6,9-10H,7-8,17H2,(H,18,19). The van der Waals surface area contributed by atoms with Gasteiger partial charge in [0, 0.05) is 33.5 Å². The van der Waals surface area contributed by atoms with Gasteiger partial charge in [-0.3, -0.25) is 9.00 Å². The second-order valence-electron chi connectivity index (χ2n) is 4.43. The highest BCUT2D eigenvalue weighted by Crippen LogP contribution is 2.15. The summed E-state index contributed by atoms with van der Waals surface area (Å²) in [6.45, 7) is 0. The normalized spacial score (nSPS) is 11.9. The summed E-state index contributed by atoms with van der Waals surface area (Å²) in [5, 5.41) is 3.25. The van der Waals surface area contributed by atoms with Gasteiger partial charge >= 0.3 is 0 Å². The van der Waals surface area contributed by atoms with Crippen LogP contribution in [0.4, 0.5) is 11.4 Å². The number of hydrogen-bond acceptors (Lipinski definition) is 3. The van der Waals surface area contributed by atoms with Crippen molar-refractivity contribution in [3.8, 4) is 0 Å². The van der Waals surface area contributed by atoms with Gasteiger partial charge < -0.3 is 11.1 Å². The second kappa shape index (κ2) is 7.24. The third-order valence-electron chi connectivity index (χ3n) is 2.74. The van der Waals surface area contributed by atoms with Crippen LogP contribution in [0.15, 0.2) is 53.4 Å². The zero-order chi connectivity index (χ0) is 15.2. The van der Waals surface area contributed by atoms with Gasteiger partial charge in [0.1, 0.15) is 0 Å². The van der Waals surface area contributed by atoms with E-state index < -0.39 is 10.8 Å². The minimum absolute atomic E-state index is 0.161. The lowest BCUT2D eigenvalue weighted by atomic mass is 10.3. The Morgan fingerprint density at radius 2 is 1.95 bits per heavy atom. The SMILES string of the molecule is Nc1cccc(NC(=O)CCS(=O)c2cccc(Cl)c2)c1. The van der Waals surface area contributed by atoms with Crippen molar-refractivity contribution in [1.82, 2.24) is 0 Å². The molecule has 21 heavy (non-hydrogen) atoms. The van der Waals surface area contributed by atoms with Crippen LogP contribution in [0.1, 0.15) is 6.42 Å². The highest BCUT2D eigenvalue weighted by molar-refractivity contribution is 7.85. The summed E-state index contributed by atoms with van der Waals surface area (Å²) in [5.74, 6) is 0.0464. The average molecular weight is 323 g/mol. The molecule has 0 saturated carbocycles. The fourth-order valence-electron chi connectivity index (χ4n) is 1.75. The van der Waals surface area contributed by atoms with E-state index >= 15 is 0 Å². The Balaban J connectivity index is 1.88. The number of nitrogen functional groups attached to an aromatic ring is 1. The van der Waals surface area contributed by atoms with E-state index in [0.717, 1.165) is 0 Å². The number of rotatable bonds is 5. The van der Waals surface area contributed by atoms with Crippen molar-refractivity contribution in [2.45, 2.75) is 11.3 Å². The van der Waals surface area contributed by atoms with Crippen LogP contribution in [0.25, 0.3) is 0 Å². The number of carbonyl (C=O) groups excluding carboxylic acids is 1. The lowest BCUT2D eigenvalue weighted by molar-refractivity contribution is -0.115. The zero-order valence-corrected chi connectivity index (χ0v) is 12.8. The second-order valence-corrected chi connectivity index (χ2v) is 6.44. The Kier molecular flexibility index (Phi) is 5.36. The van der Waals surface area contributed by atoms with E-state index in [1.54, 1.807) is 48.5 Å². The molecule has 1 amide bonds. The fourth-order valence-corrected chi connectivity index (χ4v) is 3.10. The molecule has 0 fully saturated rings. The molecule has 1 atom stereocenters. The maximum Gasteiger partial charge on any atom is 0.225 e. The van der Waals surface area contributed by atoms with Gasteiger partial charge in [0.25, 0.3) is 0 Å². The molecule has 110 valence electrons. The van der Waals surface area contributed by atoms with E-state index in [0.29, 0.717) is 21.3 Å². The molecule has 2 aromatic carbocycles. The van der Waals surface area contributed by atoms with Crippen LogP contribution >= 0.6 is 11.6 Å². The maximum atomic E-state index is 12.1. The van der Waals surface area contributed by atoms with Crippen LogP contribution in [0.2, 0.25) is 5.02 Å². The van der Waals surface area contributed by atoms with Gasteiger partial charge in [0.15, 0.2) is 0 Å². The first-order valence-electron chi connectivity index (χ1n) is 6.34. The Morgan fingerprint density at radius 3 is 2.67 bits per heavy atom. The minimum atomic E-state index is -1.25. The van der Waals surface area contributed by atoms with Gasteiger partial charge in [-0.2, -0.15) is 0 Å². The Labute approximate surface area is 130 Å². The Morgan fingerprint density at radius 1 is 1.19 bits per heavy atom. The number of halogens is 1. The van der Waals surface area contributed by atoms with Gasteiger partial charge in [0.2, 0.25) is 5.91 Å². The largest absolute Gasteiger partial charge is 0.399 e. The number of carbonyl (C=O) groups is 1. The summed E-state index contributed by atoms with van der Waals surface area (Å²) in [6.07, 6.45) is 0.161. The molecular formula is C15H15ClN2O2S. The molecule has 4 nitrogen and oxygen atoms in total. The van der Waals surface area contributed by atoms with Crippen molar-refractivity contribution in [2.24, 2.45) is 0 Å². The lowest BCUT2D eigenvalue weighted by Gasteiger charge is -2.06. The third-order valence-corrected chi connectivity index (χ3v) is 4.33. The molecule has 0 spiro atoms. The zero-order valence-electron chi connectivity index (χ0n) is 11.2. The van der Waals surface area contributed by atoms with Crippen LogP contribution in [0.5, 0.6) is 0 Å². The van der Waals surface area contributed by atoms with Crippen molar-refractivity contribution in [2.75, 3.05) is 16.8 Å². The lowest BCUT2D eigenvalue weighted by Crippen LogP contribution is -2.15. The van der Waals surface area contributed by atoms with Gasteiger partial charge in [-0.05, 0) is 36.4 Å². The molecule has 0 heterocycles. The predicted molar refractivity (Wildman–Crippen MR) is 86.8 cm³/mol. The summed E-state index contributed by atoms with van der Waals surface area (Å²) in [4.78, 5) is 12.4. The summed E-state index contributed by atoms with van der Waals surface area (Å²) < 4.78 is 12.1. The fraction of sp³-hybridized carbons (Fsp3) is 0.133. The molecule has 6 heteroatoms. The molecule has 0 bridgehead atoms. The van der Waals surface area contributed by atoms with E-state index in [4.69, 9.17) is 17.3 Å². The van der Waals surface area contributed by atoms with E-state index in [9.17, 15) is 9.00 Å². The van der Waals surface area contributed by atoms with Crippen molar-refractivity contribution >= 4 is 39.7 Å². The van der Waals surface area contributed by atoms with Crippen molar-refractivity contribution in [3.63, 3.8) is 0 Å². The van der Waals surface area contributed by atoms with Crippen molar-refractivity contribution < 1.29 is 9.00 Å². The molecule has 0 aliphatic rings. The maximum absolute atomic E-state index is 12.1. The molecule has 1 unspecified atom stereocenters. The van der Waals surface area contributed by atoms with Gasteiger partial charge in [-0.15, -0.1) is 0 Å². The van der Waals surface area contributed by atoms with Gasteiger partial charge in [-0.1, -0.05) is 23.7 Å². The number of benzene rings is 2. The molecule has 0 aromatic heterocycles. The van der Waals surface area contributed by atoms with E-state index in [1.807, 2.05) is 0 Å². The first-order valence-corrected chi connectivity index (χ1v) is 8.03. The summed E-state index contributed by atoms with van der Waals surface area (Å²) in [5.41, 5.74) is 6.85. The highest BCUT2D eigenvalue weighted by atomic mass is 35.5. The molecule has 0 aliphatic heterocycles. The van der Waals surface area contributed by atoms with E-state index in [-0.39, 0.29) is 18.1 Å². The molecule has 0 radical (unpaired) electrons. The van der Waals surface area contributed by atoms with Crippen LogP contribution < -0.4 is 11.1 Å². The number of nitrogens with one attached hydrogen (secondary N) is 1. The highest BCUT2D eigenvalue weighted by Gasteiger charge is 2.08. The van der Waals surface area contributed by atoms with Gasteiger partial charge in [-0.25, -0.2) is 0 Å². The summed E-state index contributed by atoms with van der Waals surface area (Å²) in [6, 6.07) is 13.8. The number of nitrogens with two attached hydrogens (primary N) is 1. The molecular weight excluding hydrogens is 308 g/mol. The predicted octanol–water partition coefficient (Wildman–Crippen LogP) is 3.06. The number of amides is 1. The van der Waals surface area contributed by atoms with Crippen LogP contribution in [0, 0.1) is 0 Å². The first-order chi connectivity index (χ1) is 10.0. The Hall–Kier alpha value is -1.85. The molecule has 0 saturated heterocycles. The van der Waals surface area contributed by atoms with E-state index in [1.165, 1.54) is 0 Å². The van der Waals surface area contributed by atoms with Crippen LogP contribution in [0.3, 0.4) is 0 Å². The van der Waals surface area contributed by atoms with Gasteiger partial charge in [0.05, 0.1) is 10.8 Å². The number of anilines is 2.